The molecule has 0 aromatic rings. The minimum Gasteiger partial charge on any atom is -0.387 e. The summed E-state index contributed by atoms with van der Waals surface area (Å²) in [5.41, 5.74) is 5.65. The molecule has 3 nitrogen and oxygen atoms in total. The maximum atomic E-state index is 5.78. The zero-order chi connectivity index (χ0) is 9.90. The molecule has 0 radical (unpaired) electrons. The molecule has 13 heavy (non-hydrogen) atoms. The van der Waals surface area contributed by atoms with Crippen LogP contribution in [0.1, 0.15) is 40.0 Å². The van der Waals surface area contributed by atoms with Gasteiger partial charge in [-0.05, 0) is 26.7 Å². The molecule has 1 fully saturated rings. The van der Waals surface area contributed by atoms with E-state index in [9.17, 15) is 0 Å². The smallest absolute Gasteiger partial charge is 0.0941 e. The summed E-state index contributed by atoms with van der Waals surface area (Å²) in [4.78, 5) is 4.49. The van der Waals surface area contributed by atoms with Gasteiger partial charge in [0.05, 0.1) is 17.5 Å². The Balaban J connectivity index is 2.57. The molecule has 1 saturated heterocycles. The fraction of sp³-hybridized carbons (Fsp3) is 0.900. The third kappa shape index (κ3) is 2.69. The fourth-order valence-corrected chi connectivity index (χ4v) is 1.62. The maximum absolute atomic E-state index is 5.78. The highest BCUT2D eigenvalue weighted by Gasteiger charge is 2.35. The summed E-state index contributed by atoms with van der Waals surface area (Å²) in [5, 5.41) is 0. The Morgan fingerprint density at radius 2 is 2.31 bits per heavy atom. The highest BCUT2D eigenvalue weighted by atomic mass is 16.5. The molecule has 0 spiro atoms. The van der Waals surface area contributed by atoms with E-state index in [0.29, 0.717) is 0 Å². The van der Waals surface area contributed by atoms with E-state index in [-0.39, 0.29) is 11.6 Å². The van der Waals surface area contributed by atoms with Gasteiger partial charge in [-0.15, -0.1) is 0 Å². The lowest BCUT2D eigenvalue weighted by Gasteiger charge is -2.22. The molecule has 1 aliphatic rings. The Morgan fingerprint density at radius 3 is 2.77 bits per heavy atom. The van der Waals surface area contributed by atoms with Gasteiger partial charge in [0.2, 0.25) is 0 Å². The van der Waals surface area contributed by atoms with Gasteiger partial charge in [-0.3, -0.25) is 4.99 Å². The molecule has 1 unspecified atom stereocenters. The van der Waals surface area contributed by atoms with Crippen molar-refractivity contribution < 1.29 is 4.74 Å². The van der Waals surface area contributed by atoms with Gasteiger partial charge in [0, 0.05) is 13.0 Å². The summed E-state index contributed by atoms with van der Waals surface area (Å²) < 4.78 is 5.57. The summed E-state index contributed by atoms with van der Waals surface area (Å²) in [6, 6.07) is 0.249. The van der Waals surface area contributed by atoms with Crippen molar-refractivity contribution in [2.45, 2.75) is 51.7 Å². The largest absolute Gasteiger partial charge is 0.387 e. The second-order valence-corrected chi connectivity index (χ2v) is 4.13. The van der Waals surface area contributed by atoms with Crippen molar-refractivity contribution in [1.82, 2.24) is 0 Å². The molecule has 1 rings (SSSR count). The molecule has 0 bridgehead atoms. The number of hydrogen-bond acceptors (Lipinski definition) is 2. The Labute approximate surface area is 80.4 Å². The number of hydrogen-bond donors (Lipinski definition) is 1. The Kier molecular flexibility index (Phi) is 3.31. The zero-order valence-corrected chi connectivity index (χ0v) is 8.84. The van der Waals surface area contributed by atoms with Crippen LogP contribution in [-0.4, -0.2) is 24.1 Å². The molecule has 3 heteroatoms. The summed E-state index contributed by atoms with van der Waals surface area (Å²) in [7, 11) is 0. The second kappa shape index (κ2) is 4.09. The van der Waals surface area contributed by atoms with Gasteiger partial charge < -0.3 is 10.5 Å². The number of aliphatic imine (C=N–C) groups is 1. The molecule has 2 N–H and O–H groups in total. The third-order valence-corrected chi connectivity index (χ3v) is 2.50. The van der Waals surface area contributed by atoms with E-state index in [4.69, 9.17) is 10.5 Å². The van der Waals surface area contributed by atoms with Crippen LogP contribution < -0.4 is 5.73 Å². The van der Waals surface area contributed by atoms with Crippen LogP contribution in [0.25, 0.3) is 0 Å². The van der Waals surface area contributed by atoms with Crippen LogP contribution in [0, 0.1) is 0 Å². The fourth-order valence-electron chi connectivity index (χ4n) is 1.62. The topological polar surface area (TPSA) is 47.6 Å². The summed E-state index contributed by atoms with van der Waals surface area (Å²) in [5.74, 6) is 0.770. The molecule has 1 atom stereocenters. The first-order valence-electron chi connectivity index (χ1n) is 5.02. The molecule has 0 aromatic carbocycles. The summed E-state index contributed by atoms with van der Waals surface area (Å²) in [6.07, 6.45) is 2.95. The average Bonchev–Trinajstić information content (AvgIpc) is 2.31. The van der Waals surface area contributed by atoms with Crippen molar-refractivity contribution in [2.75, 3.05) is 6.61 Å². The van der Waals surface area contributed by atoms with Crippen LogP contribution in [0.3, 0.4) is 0 Å². The Bertz CT molecular complexity index is 199. The van der Waals surface area contributed by atoms with E-state index in [1.807, 2.05) is 0 Å². The predicted octanol–water partition coefficient (Wildman–Crippen LogP) is 1.71. The lowest BCUT2D eigenvalue weighted by Crippen LogP contribution is -2.32. The average molecular weight is 184 g/mol. The van der Waals surface area contributed by atoms with Crippen LogP contribution in [-0.2, 0) is 4.74 Å². The summed E-state index contributed by atoms with van der Waals surface area (Å²) >= 11 is 0. The zero-order valence-electron chi connectivity index (χ0n) is 8.84. The molecule has 1 aliphatic heterocycles. The molecule has 0 saturated carbocycles. The van der Waals surface area contributed by atoms with Crippen molar-refractivity contribution in [2.24, 2.45) is 10.7 Å². The quantitative estimate of drug-likeness (QED) is 0.536. The molecular formula is C10H20N2O. The second-order valence-electron chi connectivity index (χ2n) is 4.13. The van der Waals surface area contributed by atoms with E-state index < -0.39 is 0 Å². The van der Waals surface area contributed by atoms with Gasteiger partial charge in [0.25, 0.3) is 0 Å². The van der Waals surface area contributed by atoms with Crippen LogP contribution in [0.4, 0.5) is 0 Å². The molecule has 1 heterocycles. The van der Waals surface area contributed by atoms with Gasteiger partial charge >= 0.3 is 0 Å². The van der Waals surface area contributed by atoms with E-state index >= 15 is 0 Å². The van der Waals surface area contributed by atoms with Crippen LogP contribution in [0.15, 0.2) is 4.99 Å². The molecule has 0 aromatic heterocycles. The lowest BCUT2D eigenvalue weighted by molar-refractivity contribution is 0.0287. The third-order valence-electron chi connectivity index (χ3n) is 2.50. The van der Waals surface area contributed by atoms with E-state index in [1.54, 1.807) is 0 Å². The van der Waals surface area contributed by atoms with Crippen molar-refractivity contribution >= 4 is 5.84 Å². The molecular weight excluding hydrogens is 164 g/mol. The van der Waals surface area contributed by atoms with Gasteiger partial charge in [0.15, 0.2) is 0 Å². The van der Waals surface area contributed by atoms with E-state index in [1.165, 1.54) is 0 Å². The van der Waals surface area contributed by atoms with E-state index in [2.05, 4.69) is 25.8 Å². The van der Waals surface area contributed by atoms with E-state index in [0.717, 1.165) is 31.7 Å². The Morgan fingerprint density at radius 1 is 1.62 bits per heavy atom. The van der Waals surface area contributed by atoms with Crippen molar-refractivity contribution in [1.29, 1.82) is 0 Å². The first-order valence-corrected chi connectivity index (χ1v) is 5.02. The van der Waals surface area contributed by atoms with Gasteiger partial charge in [-0.1, -0.05) is 6.92 Å². The number of nitrogens with two attached hydrogens (primary N) is 1. The van der Waals surface area contributed by atoms with Crippen LogP contribution in [0.5, 0.6) is 0 Å². The first kappa shape index (κ1) is 10.5. The van der Waals surface area contributed by atoms with Crippen LogP contribution in [0.2, 0.25) is 0 Å². The van der Waals surface area contributed by atoms with Crippen LogP contribution >= 0.6 is 0 Å². The highest BCUT2D eigenvalue weighted by Crippen LogP contribution is 2.27. The maximum Gasteiger partial charge on any atom is 0.0941 e. The van der Waals surface area contributed by atoms with Crippen molar-refractivity contribution in [3.63, 3.8) is 0 Å². The molecule has 76 valence electrons. The van der Waals surface area contributed by atoms with Gasteiger partial charge in [0.1, 0.15) is 0 Å². The van der Waals surface area contributed by atoms with Crippen molar-refractivity contribution in [3.05, 3.63) is 0 Å². The highest BCUT2D eigenvalue weighted by molar-refractivity contribution is 5.80. The summed E-state index contributed by atoms with van der Waals surface area (Å²) in [6.45, 7) is 7.07. The number of nitrogens with zero attached hydrogens (tertiary/aromatic N) is 1. The monoisotopic (exact) mass is 184 g/mol. The van der Waals surface area contributed by atoms with Gasteiger partial charge in [-0.25, -0.2) is 0 Å². The first-order chi connectivity index (χ1) is 6.06. The lowest BCUT2D eigenvalue weighted by atomic mass is 10.00. The minimum atomic E-state index is -0.127. The predicted molar refractivity (Wildman–Crippen MR) is 55.0 cm³/mol. The normalized spacial score (nSPS) is 27.9. The molecule has 0 amide bonds. The van der Waals surface area contributed by atoms with Crippen molar-refractivity contribution in [3.8, 4) is 0 Å². The number of rotatable bonds is 3. The Hall–Kier alpha value is -0.570. The number of amidine groups is 1. The SMILES string of the molecule is CCCC(N)=NC1CCOC1(C)C. The standard InChI is InChI=1S/C10H20N2O/c1-4-5-9(11)12-8-6-7-13-10(8,2)3/h8H,4-7H2,1-3H3,(H2,11,12). The minimum absolute atomic E-state index is 0.127. The molecule has 0 aliphatic carbocycles. The number of ether oxygens (including phenoxy) is 1. The van der Waals surface area contributed by atoms with Gasteiger partial charge in [-0.2, -0.15) is 0 Å².